The van der Waals surface area contributed by atoms with Crippen LogP contribution in [0.1, 0.15) is 42.3 Å². The molecule has 0 fully saturated rings. The van der Waals surface area contributed by atoms with Crippen LogP contribution in [0.25, 0.3) is 0 Å². The van der Waals surface area contributed by atoms with Crippen molar-refractivity contribution in [2.24, 2.45) is 0 Å². The average Bonchev–Trinajstić information content (AvgIpc) is 2.99. The van der Waals surface area contributed by atoms with E-state index in [1.807, 2.05) is 30.3 Å². The third-order valence-electron chi connectivity index (χ3n) is 4.46. The van der Waals surface area contributed by atoms with Crippen LogP contribution >= 0.6 is 0 Å². The predicted molar refractivity (Wildman–Crippen MR) is 106 cm³/mol. The quantitative estimate of drug-likeness (QED) is 0.834. The minimum atomic E-state index is -1.01. The first-order chi connectivity index (χ1) is 13.3. The van der Waals surface area contributed by atoms with Crippen LogP contribution in [0.3, 0.4) is 0 Å². The Bertz CT molecular complexity index is 857. The molecule has 1 atom stereocenters. The Morgan fingerprint density at radius 2 is 1.82 bits per heavy atom. The van der Waals surface area contributed by atoms with Gasteiger partial charge in [-0.1, -0.05) is 36.4 Å². The normalized spacial score (nSPS) is 16.0. The molecule has 2 aromatic rings. The number of ether oxygens (including phenoxy) is 2. The van der Waals surface area contributed by atoms with Crippen LogP contribution in [0.15, 0.2) is 48.5 Å². The highest BCUT2D eigenvalue weighted by Crippen LogP contribution is 2.36. The fourth-order valence-corrected chi connectivity index (χ4v) is 3.32. The van der Waals surface area contributed by atoms with E-state index in [4.69, 9.17) is 9.47 Å². The van der Waals surface area contributed by atoms with Crippen molar-refractivity contribution in [3.05, 3.63) is 65.2 Å². The van der Waals surface area contributed by atoms with Crippen molar-refractivity contribution in [1.82, 2.24) is 0 Å². The van der Waals surface area contributed by atoms with Crippen LogP contribution in [-0.2, 0) is 22.5 Å². The summed E-state index contributed by atoms with van der Waals surface area (Å²) in [6.45, 7) is 6.10. The third kappa shape index (κ3) is 4.51. The largest absolute Gasteiger partial charge is 0.478 e. The van der Waals surface area contributed by atoms with Crippen molar-refractivity contribution in [1.29, 1.82) is 0 Å². The molecule has 148 valence electrons. The Labute approximate surface area is 164 Å². The number of carboxylic acid groups (broad SMARTS) is 1. The van der Waals surface area contributed by atoms with E-state index >= 15 is 0 Å². The van der Waals surface area contributed by atoms with Crippen LogP contribution in [-0.4, -0.2) is 35.4 Å². The van der Waals surface area contributed by atoms with E-state index in [9.17, 15) is 14.7 Å². The summed E-state index contributed by atoms with van der Waals surface area (Å²) < 4.78 is 11.4. The molecule has 2 aromatic carbocycles. The van der Waals surface area contributed by atoms with Crippen LogP contribution < -0.4 is 4.90 Å². The maximum absolute atomic E-state index is 12.8. The Kier molecular flexibility index (Phi) is 5.70. The molecule has 1 aliphatic heterocycles. The molecule has 28 heavy (non-hydrogen) atoms. The van der Waals surface area contributed by atoms with Crippen molar-refractivity contribution in [2.45, 2.75) is 45.4 Å². The van der Waals surface area contributed by atoms with Crippen LogP contribution in [0.2, 0.25) is 0 Å². The lowest BCUT2D eigenvalue weighted by atomic mass is 10.0. The van der Waals surface area contributed by atoms with Gasteiger partial charge in [-0.3, -0.25) is 4.90 Å². The Morgan fingerprint density at radius 1 is 1.11 bits per heavy atom. The number of amides is 1. The Hall–Kier alpha value is -2.86. The molecule has 0 aromatic heterocycles. The first-order valence-electron chi connectivity index (χ1n) is 9.25. The molecule has 0 spiro atoms. The number of carbonyl (C=O) groups is 2. The number of fused-ring (bicyclic) bond motifs is 1. The third-order valence-corrected chi connectivity index (χ3v) is 4.46. The molecule has 0 bridgehead atoms. The van der Waals surface area contributed by atoms with Gasteiger partial charge in [-0.25, -0.2) is 9.59 Å². The van der Waals surface area contributed by atoms with E-state index < -0.39 is 17.7 Å². The first-order valence-corrected chi connectivity index (χ1v) is 9.25. The maximum atomic E-state index is 12.8. The van der Waals surface area contributed by atoms with Crippen LogP contribution in [0.4, 0.5) is 10.5 Å². The molecule has 6 heteroatoms. The van der Waals surface area contributed by atoms with E-state index in [-0.39, 0.29) is 18.2 Å². The predicted octanol–water partition coefficient (Wildman–Crippen LogP) is 4.27. The highest BCUT2D eigenvalue weighted by atomic mass is 16.6. The van der Waals surface area contributed by atoms with Crippen LogP contribution in [0, 0.1) is 0 Å². The number of carboxylic acids is 1. The number of hydrogen-bond acceptors (Lipinski definition) is 4. The SMILES string of the molecule is CC(C)(C)OC(=O)N1c2cccc(C(=O)O)c2CC1COCc1ccccc1. The molecule has 1 aliphatic rings. The molecule has 1 heterocycles. The molecular formula is C22H25NO5. The van der Waals surface area contributed by atoms with Crippen molar-refractivity contribution in [3.8, 4) is 0 Å². The standard InChI is InChI=1S/C22H25NO5/c1-22(2,3)28-21(26)23-16(14-27-13-15-8-5-4-6-9-15)12-18-17(20(24)25)10-7-11-19(18)23/h4-11,16H,12-14H2,1-3H3,(H,24,25). The minimum absolute atomic E-state index is 0.205. The van der Waals surface area contributed by atoms with Crippen molar-refractivity contribution in [2.75, 3.05) is 11.5 Å². The molecule has 3 rings (SSSR count). The molecule has 6 nitrogen and oxygen atoms in total. The summed E-state index contributed by atoms with van der Waals surface area (Å²) in [4.78, 5) is 26.0. The minimum Gasteiger partial charge on any atom is -0.478 e. The second-order valence-corrected chi connectivity index (χ2v) is 7.82. The number of aromatic carboxylic acids is 1. The molecule has 0 aliphatic carbocycles. The van der Waals surface area contributed by atoms with Gasteiger partial charge in [0.05, 0.1) is 30.5 Å². The zero-order chi connectivity index (χ0) is 20.3. The smallest absolute Gasteiger partial charge is 0.415 e. The van der Waals surface area contributed by atoms with Crippen molar-refractivity contribution in [3.63, 3.8) is 0 Å². The highest BCUT2D eigenvalue weighted by molar-refractivity contribution is 5.97. The summed E-state index contributed by atoms with van der Waals surface area (Å²) in [5.41, 5.74) is 1.79. The van der Waals surface area contributed by atoms with Gasteiger partial charge < -0.3 is 14.6 Å². The zero-order valence-corrected chi connectivity index (χ0v) is 16.3. The second kappa shape index (κ2) is 8.02. The van der Waals surface area contributed by atoms with E-state index in [2.05, 4.69) is 0 Å². The first kappa shape index (κ1) is 19.9. The molecule has 1 N–H and O–H groups in total. The number of carbonyl (C=O) groups excluding carboxylic acids is 1. The van der Waals surface area contributed by atoms with Gasteiger partial charge in [0.15, 0.2) is 0 Å². The lowest BCUT2D eigenvalue weighted by Crippen LogP contribution is -2.43. The van der Waals surface area contributed by atoms with Gasteiger partial charge in [-0.2, -0.15) is 0 Å². The zero-order valence-electron chi connectivity index (χ0n) is 16.3. The van der Waals surface area contributed by atoms with E-state index in [1.165, 1.54) is 4.90 Å². The van der Waals surface area contributed by atoms with Gasteiger partial charge >= 0.3 is 12.1 Å². The summed E-state index contributed by atoms with van der Waals surface area (Å²) in [5, 5.41) is 9.51. The summed E-state index contributed by atoms with van der Waals surface area (Å²) >= 11 is 0. The summed E-state index contributed by atoms with van der Waals surface area (Å²) in [6.07, 6.45) is -0.0895. The monoisotopic (exact) mass is 383 g/mol. The topological polar surface area (TPSA) is 76.1 Å². The van der Waals surface area contributed by atoms with Gasteiger partial charge in [0.1, 0.15) is 5.60 Å². The molecular weight excluding hydrogens is 358 g/mol. The summed E-state index contributed by atoms with van der Waals surface area (Å²) in [6, 6.07) is 14.4. The number of nitrogens with zero attached hydrogens (tertiary/aromatic N) is 1. The maximum Gasteiger partial charge on any atom is 0.415 e. The number of rotatable bonds is 5. The fraction of sp³-hybridized carbons (Fsp3) is 0.364. The lowest BCUT2D eigenvalue weighted by molar-refractivity contribution is 0.0521. The second-order valence-electron chi connectivity index (χ2n) is 7.82. The lowest BCUT2D eigenvalue weighted by Gasteiger charge is -2.29. The molecule has 0 saturated heterocycles. The van der Waals surface area contributed by atoms with Gasteiger partial charge in [0.2, 0.25) is 0 Å². The molecule has 1 unspecified atom stereocenters. The summed E-state index contributed by atoms with van der Waals surface area (Å²) in [5.74, 6) is -1.01. The van der Waals surface area contributed by atoms with Gasteiger partial charge in [0, 0.05) is 0 Å². The summed E-state index contributed by atoms with van der Waals surface area (Å²) in [7, 11) is 0. The van der Waals surface area contributed by atoms with E-state index in [1.54, 1.807) is 39.0 Å². The van der Waals surface area contributed by atoms with E-state index in [0.29, 0.717) is 24.3 Å². The van der Waals surface area contributed by atoms with E-state index in [0.717, 1.165) is 5.56 Å². The Morgan fingerprint density at radius 3 is 2.46 bits per heavy atom. The van der Waals surface area contributed by atoms with Crippen molar-refractivity contribution < 1.29 is 24.2 Å². The van der Waals surface area contributed by atoms with Gasteiger partial charge in [-0.05, 0) is 50.5 Å². The van der Waals surface area contributed by atoms with Gasteiger partial charge in [0.25, 0.3) is 0 Å². The number of benzene rings is 2. The fourth-order valence-electron chi connectivity index (χ4n) is 3.32. The number of anilines is 1. The highest BCUT2D eigenvalue weighted by Gasteiger charge is 2.38. The molecule has 0 radical (unpaired) electrons. The van der Waals surface area contributed by atoms with Gasteiger partial charge in [-0.15, -0.1) is 0 Å². The average molecular weight is 383 g/mol. The van der Waals surface area contributed by atoms with Crippen LogP contribution in [0.5, 0.6) is 0 Å². The molecule has 0 saturated carbocycles. The number of hydrogen-bond donors (Lipinski definition) is 1. The molecule has 1 amide bonds. The Balaban J connectivity index is 1.82. The van der Waals surface area contributed by atoms with Crippen molar-refractivity contribution >= 4 is 17.7 Å².